The maximum absolute atomic E-state index is 13.9. The van der Waals surface area contributed by atoms with Gasteiger partial charge in [-0.1, -0.05) is 0 Å². The molecule has 23 heavy (non-hydrogen) atoms. The van der Waals surface area contributed by atoms with E-state index in [1.54, 1.807) is 41.8 Å². The van der Waals surface area contributed by atoms with Crippen molar-refractivity contribution in [1.29, 1.82) is 0 Å². The fraction of sp³-hybridized carbons (Fsp3) is 0.118. The van der Waals surface area contributed by atoms with E-state index >= 15 is 0 Å². The van der Waals surface area contributed by atoms with Crippen LogP contribution >= 0.6 is 0 Å². The van der Waals surface area contributed by atoms with E-state index in [-0.39, 0.29) is 12.2 Å². The van der Waals surface area contributed by atoms with Crippen molar-refractivity contribution >= 4 is 17.2 Å². The van der Waals surface area contributed by atoms with E-state index in [1.165, 1.54) is 6.07 Å². The Morgan fingerprint density at radius 3 is 2.74 bits per heavy atom. The molecule has 1 aromatic carbocycles. The maximum atomic E-state index is 13.9. The van der Waals surface area contributed by atoms with Crippen molar-refractivity contribution in [2.24, 2.45) is 0 Å². The Labute approximate surface area is 131 Å². The predicted molar refractivity (Wildman–Crippen MR) is 82.8 cm³/mol. The highest BCUT2D eigenvalue weighted by Crippen LogP contribution is 2.22. The molecule has 118 valence electrons. The molecule has 0 saturated carbocycles. The number of carboxylic acids is 1. The van der Waals surface area contributed by atoms with Gasteiger partial charge in [0.15, 0.2) is 5.69 Å². The minimum absolute atomic E-state index is 0.0605. The summed E-state index contributed by atoms with van der Waals surface area (Å²) in [5.41, 5.74) is 1.94. The predicted octanol–water partition coefficient (Wildman–Crippen LogP) is 3.84. The molecule has 0 unspecified atom stereocenters. The summed E-state index contributed by atoms with van der Waals surface area (Å²) in [4.78, 5) is 11.5. The van der Waals surface area contributed by atoms with Crippen LogP contribution in [0.4, 0.5) is 14.5 Å². The van der Waals surface area contributed by atoms with Crippen molar-refractivity contribution in [1.82, 2.24) is 4.40 Å². The molecule has 0 saturated heterocycles. The highest BCUT2D eigenvalue weighted by atomic mass is 19.1. The number of nitrogens with zero attached hydrogens (tertiary/aromatic N) is 1. The number of aromatic nitrogens is 1. The van der Waals surface area contributed by atoms with Gasteiger partial charge in [-0.25, -0.2) is 13.6 Å². The summed E-state index contributed by atoms with van der Waals surface area (Å²) in [7, 11) is 0. The molecule has 4 nitrogen and oxygen atoms in total. The van der Waals surface area contributed by atoms with E-state index in [0.717, 1.165) is 11.6 Å². The quantitative estimate of drug-likeness (QED) is 0.769. The number of aromatic carboxylic acids is 1. The van der Waals surface area contributed by atoms with Gasteiger partial charge in [0.2, 0.25) is 0 Å². The van der Waals surface area contributed by atoms with E-state index in [9.17, 15) is 18.7 Å². The minimum atomic E-state index is -1.09. The summed E-state index contributed by atoms with van der Waals surface area (Å²) in [5.74, 6) is -2.39. The van der Waals surface area contributed by atoms with Gasteiger partial charge in [-0.05, 0) is 42.8 Å². The number of anilines is 1. The molecule has 0 aliphatic rings. The van der Waals surface area contributed by atoms with Crippen LogP contribution in [0, 0.1) is 18.6 Å². The Morgan fingerprint density at radius 1 is 1.26 bits per heavy atom. The number of fused-ring (bicyclic) bond motifs is 1. The Kier molecular flexibility index (Phi) is 3.73. The molecule has 0 bridgehead atoms. The van der Waals surface area contributed by atoms with Gasteiger partial charge in [0, 0.05) is 29.9 Å². The number of hydrogen-bond donors (Lipinski definition) is 2. The molecule has 2 heterocycles. The summed E-state index contributed by atoms with van der Waals surface area (Å²) in [6.45, 7) is 1.67. The molecule has 0 atom stereocenters. The van der Waals surface area contributed by atoms with Crippen LogP contribution in [0.3, 0.4) is 0 Å². The zero-order valence-corrected chi connectivity index (χ0v) is 12.3. The van der Waals surface area contributed by atoms with Crippen molar-refractivity contribution in [3.8, 4) is 0 Å². The van der Waals surface area contributed by atoms with Crippen molar-refractivity contribution < 1.29 is 18.7 Å². The van der Waals surface area contributed by atoms with Gasteiger partial charge < -0.3 is 14.8 Å². The van der Waals surface area contributed by atoms with Crippen LogP contribution < -0.4 is 5.32 Å². The minimum Gasteiger partial charge on any atom is -0.476 e. The Balaban J connectivity index is 1.96. The third-order valence-electron chi connectivity index (χ3n) is 3.74. The lowest BCUT2D eigenvalue weighted by atomic mass is 10.1. The number of halogens is 2. The Bertz CT molecular complexity index is 880. The van der Waals surface area contributed by atoms with E-state index < -0.39 is 17.6 Å². The van der Waals surface area contributed by atoms with Crippen LogP contribution in [-0.4, -0.2) is 15.5 Å². The Hall–Kier alpha value is -2.89. The third kappa shape index (κ3) is 2.75. The number of hydrogen-bond acceptors (Lipinski definition) is 2. The summed E-state index contributed by atoms with van der Waals surface area (Å²) < 4.78 is 28.6. The normalized spacial score (nSPS) is 10.9. The van der Waals surface area contributed by atoms with Gasteiger partial charge in [-0.15, -0.1) is 0 Å². The van der Waals surface area contributed by atoms with Gasteiger partial charge in [0.1, 0.15) is 11.6 Å². The number of carbonyl (C=O) groups is 1. The first-order valence-electron chi connectivity index (χ1n) is 6.99. The first-order chi connectivity index (χ1) is 11.0. The highest BCUT2D eigenvalue weighted by molar-refractivity contribution is 5.93. The smallest absolute Gasteiger partial charge is 0.355 e. The zero-order valence-electron chi connectivity index (χ0n) is 12.3. The number of pyridine rings is 1. The highest BCUT2D eigenvalue weighted by Gasteiger charge is 2.15. The van der Waals surface area contributed by atoms with Crippen LogP contribution in [-0.2, 0) is 6.54 Å². The number of benzene rings is 1. The van der Waals surface area contributed by atoms with Gasteiger partial charge in [-0.2, -0.15) is 0 Å². The molecule has 0 fully saturated rings. The molecule has 0 radical (unpaired) electrons. The largest absolute Gasteiger partial charge is 0.476 e. The van der Waals surface area contributed by atoms with Crippen LogP contribution in [0.15, 0.2) is 42.6 Å². The molecule has 3 rings (SSSR count). The lowest BCUT2D eigenvalue weighted by molar-refractivity contribution is 0.0690. The van der Waals surface area contributed by atoms with E-state index in [2.05, 4.69) is 5.32 Å². The molecule has 3 aromatic rings. The molecular formula is C17H14F2N2O2. The SMILES string of the molecule is Cc1cc(F)cc(F)c1CNc1ccc2cccn2c1C(=O)O. The van der Waals surface area contributed by atoms with Crippen LogP contribution in [0.25, 0.3) is 5.52 Å². The molecule has 2 N–H and O–H groups in total. The Morgan fingerprint density at radius 2 is 2.04 bits per heavy atom. The summed E-state index contributed by atoms with van der Waals surface area (Å²) in [6, 6.07) is 9.00. The topological polar surface area (TPSA) is 53.7 Å². The molecule has 0 aliphatic heterocycles. The van der Waals surface area contributed by atoms with Gasteiger partial charge in [-0.3, -0.25) is 0 Å². The van der Waals surface area contributed by atoms with Crippen molar-refractivity contribution in [2.75, 3.05) is 5.32 Å². The number of carboxylic acid groups (broad SMARTS) is 1. The van der Waals surface area contributed by atoms with Crippen LogP contribution in [0.1, 0.15) is 21.6 Å². The molecule has 6 heteroatoms. The first-order valence-corrected chi connectivity index (χ1v) is 6.99. The van der Waals surface area contributed by atoms with Crippen molar-refractivity contribution in [2.45, 2.75) is 13.5 Å². The molecule has 0 amide bonds. The standard InChI is InChI=1S/C17H14F2N2O2/c1-10-7-11(18)8-14(19)13(10)9-20-15-5-4-12-3-2-6-21(12)16(15)17(22)23/h2-8,20H,9H2,1H3,(H,22,23). The summed E-state index contributed by atoms with van der Waals surface area (Å²) >= 11 is 0. The second kappa shape index (κ2) is 5.72. The lowest BCUT2D eigenvalue weighted by Crippen LogP contribution is -2.12. The number of rotatable bonds is 4. The number of nitrogens with one attached hydrogen (secondary N) is 1. The molecule has 2 aromatic heterocycles. The van der Waals surface area contributed by atoms with E-state index in [0.29, 0.717) is 16.8 Å². The van der Waals surface area contributed by atoms with Crippen molar-refractivity contribution in [3.63, 3.8) is 0 Å². The lowest BCUT2D eigenvalue weighted by Gasteiger charge is -2.14. The fourth-order valence-corrected chi connectivity index (χ4v) is 2.61. The number of aryl methyl sites for hydroxylation is 1. The van der Waals surface area contributed by atoms with Gasteiger partial charge in [0.05, 0.1) is 5.69 Å². The van der Waals surface area contributed by atoms with Gasteiger partial charge >= 0.3 is 5.97 Å². The van der Waals surface area contributed by atoms with E-state index in [4.69, 9.17) is 0 Å². The summed E-state index contributed by atoms with van der Waals surface area (Å²) in [5, 5.41) is 12.4. The maximum Gasteiger partial charge on any atom is 0.355 e. The first kappa shape index (κ1) is 15.0. The van der Waals surface area contributed by atoms with Crippen LogP contribution in [0.5, 0.6) is 0 Å². The average Bonchev–Trinajstić information content (AvgIpc) is 2.93. The molecular weight excluding hydrogens is 302 g/mol. The van der Waals surface area contributed by atoms with E-state index in [1.807, 2.05) is 0 Å². The van der Waals surface area contributed by atoms with Crippen molar-refractivity contribution in [3.05, 3.63) is 71.1 Å². The fourth-order valence-electron chi connectivity index (χ4n) is 2.61. The average molecular weight is 316 g/mol. The van der Waals surface area contributed by atoms with Crippen LogP contribution in [0.2, 0.25) is 0 Å². The second-order valence-corrected chi connectivity index (χ2v) is 5.24. The molecule has 0 aliphatic carbocycles. The third-order valence-corrected chi connectivity index (χ3v) is 3.74. The summed E-state index contributed by atoms with van der Waals surface area (Å²) in [6.07, 6.45) is 1.65. The molecule has 0 spiro atoms. The van der Waals surface area contributed by atoms with Gasteiger partial charge in [0.25, 0.3) is 0 Å². The monoisotopic (exact) mass is 316 g/mol. The second-order valence-electron chi connectivity index (χ2n) is 5.24. The zero-order chi connectivity index (χ0) is 16.6.